The third-order valence-electron chi connectivity index (χ3n) is 5.08. The molecule has 1 fully saturated rings. The van der Waals surface area contributed by atoms with Crippen LogP contribution in [0.2, 0.25) is 0 Å². The van der Waals surface area contributed by atoms with E-state index < -0.39 is 0 Å². The van der Waals surface area contributed by atoms with Crippen molar-refractivity contribution in [3.8, 4) is 0 Å². The third-order valence-corrected chi connectivity index (χ3v) is 5.08. The van der Waals surface area contributed by atoms with Gasteiger partial charge in [-0.05, 0) is 24.1 Å². The first kappa shape index (κ1) is 16.3. The number of imidazole rings is 1. The van der Waals surface area contributed by atoms with Crippen LogP contribution in [0.15, 0.2) is 36.7 Å². The summed E-state index contributed by atoms with van der Waals surface area (Å²) in [5.74, 6) is 1.46. The number of fused-ring (bicyclic) bond motifs is 1. The van der Waals surface area contributed by atoms with Crippen molar-refractivity contribution in [1.29, 1.82) is 0 Å². The SMILES string of the molecule is O=C1CCCN1CC1CN(Cc2cccc(F)c2)Cc2nccn2C1. The Morgan fingerprint density at radius 1 is 1.28 bits per heavy atom. The summed E-state index contributed by atoms with van der Waals surface area (Å²) in [5, 5.41) is 0. The van der Waals surface area contributed by atoms with Crippen molar-refractivity contribution >= 4 is 5.91 Å². The molecule has 2 aliphatic heterocycles. The van der Waals surface area contributed by atoms with Gasteiger partial charge in [0.1, 0.15) is 11.6 Å². The number of amides is 1. The highest BCUT2D eigenvalue weighted by atomic mass is 19.1. The van der Waals surface area contributed by atoms with Gasteiger partial charge in [-0.25, -0.2) is 9.37 Å². The summed E-state index contributed by atoms with van der Waals surface area (Å²) in [6.07, 6.45) is 5.49. The van der Waals surface area contributed by atoms with Crippen LogP contribution in [0.25, 0.3) is 0 Å². The molecule has 1 aromatic heterocycles. The minimum absolute atomic E-state index is 0.201. The number of carbonyl (C=O) groups excluding carboxylic acids is 1. The molecule has 0 N–H and O–H groups in total. The Balaban J connectivity index is 1.51. The molecule has 0 bridgehead atoms. The van der Waals surface area contributed by atoms with Crippen LogP contribution >= 0.6 is 0 Å². The van der Waals surface area contributed by atoms with Gasteiger partial charge in [0.15, 0.2) is 0 Å². The summed E-state index contributed by atoms with van der Waals surface area (Å²) in [7, 11) is 0. The lowest BCUT2D eigenvalue weighted by atomic mass is 10.1. The van der Waals surface area contributed by atoms with Crippen molar-refractivity contribution in [2.45, 2.75) is 32.5 Å². The van der Waals surface area contributed by atoms with E-state index in [-0.39, 0.29) is 11.7 Å². The van der Waals surface area contributed by atoms with Gasteiger partial charge in [-0.15, -0.1) is 0 Å². The Morgan fingerprint density at radius 2 is 2.20 bits per heavy atom. The maximum Gasteiger partial charge on any atom is 0.222 e. The quantitative estimate of drug-likeness (QED) is 0.856. The molecular weight excluding hydrogens is 319 g/mol. The van der Waals surface area contributed by atoms with Crippen molar-refractivity contribution in [3.05, 3.63) is 53.9 Å². The molecule has 0 spiro atoms. The van der Waals surface area contributed by atoms with E-state index in [1.165, 1.54) is 6.07 Å². The van der Waals surface area contributed by atoms with E-state index in [0.717, 1.165) is 50.5 Å². The summed E-state index contributed by atoms with van der Waals surface area (Å²) in [6.45, 7) is 4.84. The summed E-state index contributed by atoms with van der Waals surface area (Å²) >= 11 is 0. The van der Waals surface area contributed by atoms with Gasteiger partial charge >= 0.3 is 0 Å². The zero-order valence-corrected chi connectivity index (χ0v) is 14.3. The Kier molecular flexibility index (Phi) is 4.53. The molecular formula is C19H23FN4O. The molecule has 132 valence electrons. The monoisotopic (exact) mass is 342 g/mol. The Bertz CT molecular complexity index is 759. The second kappa shape index (κ2) is 6.96. The van der Waals surface area contributed by atoms with Crippen LogP contribution in [0.5, 0.6) is 0 Å². The van der Waals surface area contributed by atoms with Crippen molar-refractivity contribution in [1.82, 2.24) is 19.4 Å². The molecule has 25 heavy (non-hydrogen) atoms. The highest BCUT2D eigenvalue weighted by molar-refractivity contribution is 5.78. The van der Waals surface area contributed by atoms with Gasteiger partial charge in [-0.2, -0.15) is 0 Å². The average molecular weight is 342 g/mol. The predicted octanol–water partition coefficient (Wildman–Crippen LogP) is 2.28. The highest BCUT2D eigenvalue weighted by Crippen LogP contribution is 2.21. The summed E-state index contributed by atoms with van der Waals surface area (Å²) in [6, 6.07) is 6.78. The van der Waals surface area contributed by atoms with Crippen molar-refractivity contribution in [2.24, 2.45) is 5.92 Å². The van der Waals surface area contributed by atoms with Crippen molar-refractivity contribution < 1.29 is 9.18 Å². The number of rotatable bonds is 4. The standard InChI is InChI=1S/C19H23FN4O/c20-17-4-1-3-15(9-17)10-22-11-16(13-24-7-2-5-19(24)25)12-23-8-6-21-18(23)14-22/h1,3-4,6,8-9,16H,2,5,7,10-14H2. The first-order chi connectivity index (χ1) is 12.2. The first-order valence-electron chi connectivity index (χ1n) is 8.92. The lowest BCUT2D eigenvalue weighted by Crippen LogP contribution is -2.37. The van der Waals surface area contributed by atoms with E-state index in [4.69, 9.17) is 0 Å². The number of carbonyl (C=O) groups is 1. The minimum Gasteiger partial charge on any atom is -0.342 e. The van der Waals surface area contributed by atoms with Gasteiger partial charge in [0, 0.05) is 57.5 Å². The maximum atomic E-state index is 13.5. The second-order valence-corrected chi connectivity index (χ2v) is 7.10. The molecule has 1 saturated heterocycles. The van der Waals surface area contributed by atoms with Crippen molar-refractivity contribution in [2.75, 3.05) is 19.6 Å². The number of halogens is 1. The first-order valence-corrected chi connectivity index (χ1v) is 8.92. The fourth-order valence-corrected chi connectivity index (χ4v) is 3.96. The topological polar surface area (TPSA) is 41.4 Å². The van der Waals surface area contributed by atoms with Crippen LogP contribution in [-0.2, 0) is 24.4 Å². The number of aromatic nitrogens is 2. The molecule has 2 aromatic rings. The number of hydrogen-bond donors (Lipinski definition) is 0. The molecule has 0 aliphatic carbocycles. The van der Waals surface area contributed by atoms with Gasteiger partial charge in [-0.3, -0.25) is 9.69 Å². The number of hydrogen-bond acceptors (Lipinski definition) is 3. The Hall–Kier alpha value is -2.21. The molecule has 1 amide bonds. The van der Waals surface area contributed by atoms with E-state index in [2.05, 4.69) is 14.5 Å². The number of nitrogens with zero attached hydrogens (tertiary/aromatic N) is 4. The zero-order valence-electron chi connectivity index (χ0n) is 14.3. The zero-order chi connectivity index (χ0) is 17.2. The lowest BCUT2D eigenvalue weighted by molar-refractivity contribution is -0.128. The normalized spacial score (nSPS) is 21.4. The molecule has 2 aliphatic rings. The molecule has 0 saturated carbocycles. The predicted molar refractivity (Wildman–Crippen MR) is 92.0 cm³/mol. The third kappa shape index (κ3) is 3.74. The Morgan fingerprint density at radius 3 is 3.00 bits per heavy atom. The van der Waals surface area contributed by atoms with E-state index in [1.54, 1.807) is 12.1 Å². The van der Waals surface area contributed by atoms with Crippen LogP contribution in [0, 0.1) is 11.7 Å². The van der Waals surface area contributed by atoms with Gasteiger partial charge in [0.25, 0.3) is 0 Å². The molecule has 6 heteroatoms. The van der Waals surface area contributed by atoms with Gasteiger partial charge in [-0.1, -0.05) is 12.1 Å². The fraction of sp³-hybridized carbons (Fsp3) is 0.474. The van der Waals surface area contributed by atoms with Crippen LogP contribution in [-0.4, -0.2) is 44.9 Å². The van der Waals surface area contributed by atoms with Crippen LogP contribution < -0.4 is 0 Å². The van der Waals surface area contributed by atoms with E-state index >= 15 is 0 Å². The van der Waals surface area contributed by atoms with E-state index in [9.17, 15) is 9.18 Å². The van der Waals surface area contributed by atoms with Crippen LogP contribution in [0.1, 0.15) is 24.2 Å². The highest BCUT2D eigenvalue weighted by Gasteiger charge is 2.27. The van der Waals surface area contributed by atoms with E-state index in [1.807, 2.05) is 23.4 Å². The van der Waals surface area contributed by atoms with Crippen LogP contribution in [0.3, 0.4) is 0 Å². The van der Waals surface area contributed by atoms with Gasteiger partial charge in [0.05, 0.1) is 6.54 Å². The molecule has 1 aromatic carbocycles. The maximum absolute atomic E-state index is 13.5. The number of benzene rings is 1. The van der Waals surface area contributed by atoms with E-state index in [0.29, 0.717) is 18.9 Å². The number of likely N-dealkylation sites (tertiary alicyclic amines) is 1. The smallest absolute Gasteiger partial charge is 0.222 e. The molecule has 1 atom stereocenters. The largest absolute Gasteiger partial charge is 0.342 e. The molecule has 3 heterocycles. The fourth-order valence-electron chi connectivity index (χ4n) is 3.96. The molecule has 0 radical (unpaired) electrons. The molecule has 1 unspecified atom stereocenters. The molecule has 5 nitrogen and oxygen atoms in total. The summed E-state index contributed by atoms with van der Waals surface area (Å²) < 4.78 is 15.7. The van der Waals surface area contributed by atoms with Gasteiger partial charge < -0.3 is 9.47 Å². The summed E-state index contributed by atoms with van der Waals surface area (Å²) in [4.78, 5) is 20.8. The van der Waals surface area contributed by atoms with Gasteiger partial charge in [0.2, 0.25) is 5.91 Å². The Labute approximate surface area is 147 Å². The summed E-state index contributed by atoms with van der Waals surface area (Å²) in [5.41, 5.74) is 0.969. The van der Waals surface area contributed by atoms with Crippen molar-refractivity contribution in [3.63, 3.8) is 0 Å². The minimum atomic E-state index is -0.201. The molecule has 4 rings (SSSR count). The van der Waals surface area contributed by atoms with Crippen LogP contribution in [0.4, 0.5) is 4.39 Å². The second-order valence-electron chi connectivity index (χ2n) is 7.10. The average Bonchev–Trinajstić information content (AvgIpc) is 3.13. The lowest BCUT2D eigenvalue weighted by Gasteiger charge is -2.27.